The van der Waals surface area contributed by atoms with Gasteiger partial charge in [0.05, 0.1) is 23.0 Å². The van der Waals surface area contributed by atoms with E-state index in [0.29, 0.717) is 52.6 Å². The molecule has 1 heterocycles. The molecule has 0 bridgehead atoms. The second-order valence-corrected chi connectivity index (χ2v) is 8.90. The Balaban J connectivity index is 1.44. The molecule has 33 heavy (non-hydrogen) atoms. The average Bonchev–Trinajstić information content (AvgIpc) is 2.84. The molecule has 6 nitrogen and oxygen atoms in total. The lowest BCUT2D eigenvalue weighted by molar-refractivity contribution is 0.0746. The summed E-state index contributed by atoms with van der Waals surface area (Å²) >= 11 is 9.35. The van der Waals surface area contributed by atoms with Crippen LogP contribution in [0.4, 0.5) is 11.4 Å². The van der Waals surface area contributed by atoms with Crippen LogP contribution in [0, 0.1) is 0 Å². The van der Waals surface area contributed by atoms with Gasteiger partial charge in [-0.15, -0.1) is 0 Å². The standard InChI is InChI=1S/C25H23BrClN3O3/c1-33-23-11-8-18(16-20(23)26)24(31)28-21-4-2-3-5-22(21)29-12-14-30(15-13-29)25(32)17-6-9-19(27)10-7-17/h2-11,16H,12-15H2,1H3,(H,28,31). The lowest BCUT2D eigenvalue weighted by atomic mass is 10.1. The second-order valence-electron chi connectivity index (χ2n) is 7.61. The third-order valence-electron chi connectivity index (χ3n) is 5.56. The maximum atomic E-state index is 12.9. The Morgan fingerprint density at radius 2 is 1.61 bits per heavy atom. The van der Waals surface area contributed by atoms with Gasteiger partial charge in [0, 0.05) is 42.3 Å². The number of para-hydroxylation sites is 2. The molecule has 170 valence electrons. The highest BCUT2D eigenvalue weighted by atomic mass is 79.9. The monoisotopic (exact) mass is 527 g/mol. The number of piperazine rings is 1. The topological polar surface area (TPSA) is 61.9 Å². The molecule has 1 aliphatic rings. The zero-order valence-electron chi connectivity index (χ0n) is 18.1. The summed E-state index contributed by atoms with van der Waals surface area (Å²) in [6, 6.07) is 19.9. The van der Waals surface area contributed by atoms with Gasteiger partial charge in [-0.2, -0.15) is 0 Å². The van der Waals surface area contributed by atoms with E-state index in [0.717, 1.165) is 11.4 Å². The van der Waals surface area contributed by atoms with Crippen molar-refractivity contribution in [2.75, 3.05) is 43.5 Å². The fraction of sp³-hybridized carbons (Fsp3) is 0.200. The number of carbonyl (C=O) groups excluding carboxylic acids is 2. The van der Waals surface area contributed by atoms with Gasteiger partial charge in [0.1, 0.15) is 5.75 Å². The molecule has 3 aromatic carbocycles. The van der Waals surface area contributed by atoms with Crippen LogP contribution in [0.15, 0.2) is 71.2 Å². The lowest BCUT2D eigenvalue weighted by Gasteiger charge is -2.37. The van der Waals surface area contributed by atoms with Gasteiger partial charge in [0.25, 0.3) is 11.8 Å². The molecule has 0 radical (unpaired) electrons. The van der Waals surface area contributed by atoms with Crippen molar-refractivity contribution >= 4 is 50.7 Å². The smallest absolute Gasteiger partial charge is 0.255 e. The molecule has 4 rings (SSSR count). The highest BCUT2D eigenvalue weighted by Crippen LogP contribution is 2.29. The molecular formula is C25H23BrClN3O3. The van der Waals surface area contributed by atoms with Crippen LogP contribution in [-0.2, 0) is 0 Å². The van der Waals surface area contributed by atoms with E-state index in [9.17, 15) is 9.59 Å². The molecule has 0 atom stereocenters. The summed E-state index contributed by atoms with van der Waals surface area (Å²) in [6.07, 6.45) is 0. The number of methoxy groups -OCH3 is 1. The molecule has 2 amide bonds. The van der Waals surface area contributed by atoms with E-state index in [-0.39, 0.29) is 11.8 Å². The average molecular weight is 529 g/mol. The first kappa shape index (κ1) is 23.1. The first-order valence-corrected chi connectivity index (χ1v) is 11.7. The van der Waals surface area contributed by atoms with Gasteiger partial charge in [0.2, 0.25) is 0 Å². The summed E-state index contributed by atoms with van der Waals surface area (Å²) in [6.45, 7) is 2.52. The highest BCUT2D eigenvalue weighted by Gasteiger charge is 2.24. The van der Waals surface area contributed by atoms with E-state index >= 15 is 0 Å². The quantitative estimate of drug-likeness (QED) is 0.487. The van der Waals surface area contributed by atoms with E-state index in [1.807, 2.05) is 29.2 Å². The minimum Gasteiger partial charge on any atom is -0.496 e. The molecule has 0 unspecified atom stereocenters. The van der Waals surface area contributed by atoms with Crippen LogP contribution in [0.25, 0.3) is 0 Å². The van der Waals surface area contributed by atoms with Gasteiger partial charge in [-0.05, 0) is 70.5 Å². The van der Waals surface area contributed by atoms with Crippen LogP contribution in [0.2, 0.25) is 5.02 Å². The first-order chi connectivity index (χ1) is 16.0. The predicted octanol–water partition coefficient (Wildman–Crippen LogP) is 5.33. The summed E-state index contributed by atoms with van der Waals surface area (Å²) < 4.78 is 5.95. The van der Waals surface area contributed by atoms with Crippen molar-refractivity contribution in [3.63, 3.8) is 0 Å². The molecule has 0 aromatic heterocycles. The van der Waals surface area contributed by atoms with Gasteiger partial charge in [0.15, 0.2) is 0 Å². The molecule has 1 fully saturated rings. The largest absolute Gasteiger partial charge is 0.496 e. The number of hydrogen-bond acceptors (Lipinski definition) is 4. The maximum Gasteiger partial charge on any atom is 0.255 e. The zero-order valence-corrected chi connectivity index (χ0v) is 20.4. The SMILES string of the molecule is COc1ccc(C(=O)Nc2ccccc2N2CCN(C(=O)c3ccc(Cl)cc3)CC2)cc1Br. The molecular weight excluding hydrogens is 506 g/mol. The normalized spacial score (nSPS) is 13.5. The molecule has 1 saturated heterocycles. The van der Waals surface area contributed by atoms with Gasteiger partial charge >= 0.3 is 0 Å². The number of amides is 2. The Hall–Kier alpha value is -3.03. The number of hydrogen-bond donors (Lipinski definition) is 1. The van der Waals surface area contributed by atoms with E-state index < -0.39 is 0 Å². The van der Waals surface area contributed by atoms with Crippen molar-refractivity contribution < 1.29 is 14.3 Å². The van der Waals surface area contributed by atoms with E-state index in [1.54, 1.807) is 49.6 Å². The molecule has 0 aliphatic carbocycles. The number of rotatable bonds is 5. The van der Waals surface area contributed by atoms with Crippen molar-refractivity contribution in [3.8, 4) is 5.75 Å². The van der Waals surface area contributed by atoms with Gasteiger partial charge < -0.3 is 19.9 Å². The van der Waals surface area contributed by atoms with Crippen LogP contribution < -0.4 is 15.0 Å². The Morgan fingerprint density at radius 1 is 0.939 bits per heavy atom. The van der Waals surface area contributed by atoms with Gasteiger partial charge in [-0.25, -0.2) is 0 Å². The molecule has 3 aromatic rings. The number of nitrogens with zero attached hydrogens (tertiary/aromatic N) is 2. The van der Waals surface area contributed by atoms with Crippen molar-refractivity contribution in [2.24, 2.45) is 0 Å². The fourth-order valence-corrected chi connectivity index (χ4v) is 4.45. The summed E-state index contributed by atoms with van der Waals surface area (Å²) in [5.74, 6) is 0.457. The van der Waals surface area contributed by atoms with Gasteiger partial charge in [-0.3, -0.25) is 9.59 Å². The number of ether oxygens (including phenoxy) is 1. The van der Waals surface area contributed by atoms with Crippen molar-refractivity contribution in [1.29, 1.82) is 0 Å². The predicted molar refractivity (Wildman–Crippen MR) is 135 cm³/mol. The number of halogens is 2. The number of nitrogens with one attached hydrogen (secondary N) is 1. The minimum atomic E-state index is -0.206. The molecule has 1 N–H and O–H groups in total. The molecule has 0 spiro atoms. The first-order valence-electron chi connectivity index (χ1n) is 10.5. The Labute approximate surface area is 206 Å². The van der Waals surface area contributed by atoms with E-state index in [4.69, 9.17) is 16.3 Å². The van der Waals surface area contributed by atoms with Crippen LogP contribution in [0.1, 0.15) is 20.7 Å². The summed E-state index contributed by atoms with van der Waals surface area (Å²) in [5.41, 5.74) is 2.81. The highest BCUT2D eigenvalue weighted by molar-refractivity contribution is 9.10. The lowest BCUT2D eigenvalue weighted by Crippen LogP contribution is -2.49. The number of benzene rings is 3. The molecule has 8 heteroatoms. The summed E-state index contributed by atoms with van der Waals surface area (Å²) in [5, 5.41) is 3.63. The van der Waals surface area contributed by atoms with E-state index in [2.05, 4.69) is 26.1 Å². The zero-order chi connectivity index (χ0) is 23.4. The van der Waals surface area contributed by atoms with Crippen molar-refractivity contribution in [3.05, 3.63) is 87.4 Å². The minimum absolute atomic E-state index is 0.00186. The Kier molecular flexibility index (Phi) is 7.20. The number of carbonyl (C=O) groups is 2. The maximum absolute atomic E-state index is 12.9. The summed E-state index contributed by atoms with van der Waals surface area (Å²) in [7, 11) is 1.58. The van der Waals surface area contributed by atoms with Crippen LogP contribution in [0.5, 0.6) is 5.75 Å². The van der Waals surface area contributed by atoms with Crippen molar-refractivity contribution in [2.45, 2.75) is 0 Å². The van der Waals surface area contributed by atoms with Crippen LogP contribution in [0.3, 0.4) is 0 Å². The Bertz CT molecular complexity index is 1160. The second kappa shape index (κ2) is 10.3. The summed E-state index contributed by atoms with van der Waals surface area (Å²) in [4.78, 5) is 29.7. The van der Waals surface area contributed by atoms with Crippen LogP contribution >= 0.6 is 27.5 Å². The van der Waals surface area contributed by atoms with Gasteiger partial charge in [-0.1, -0.05) is 23.7 Å². The third kappa shape index (κ3) is 5.31. The van der Waals surface area contributed by atoms with Crippen molar-refractivity contribution in [1.82, 2.24) is 4.90 Å². The third-order valence-corrected chi connectivity index (χ3v) is 6.44. The van der Waals surface area contributed by atoms with E-state index in [1.165, 1.54) is 0 Å². The molecule has 1 aliphatic heterocycles. The molecule has 0 saturated carbocycles. The van der Waals surface area contributed by atoms with Crippen LogP contribution in [-0.4, -0.2) is 50.0 Å². The Morgan fingerprint density at radius 3 is 2.27 bits per heavy atom. The number of anilines is 2. The fourth-order valence-electron chi connectivity index (χ4n) is 3.78.